The van der Waals surface area contributed by atoms with Gasteiger partial charge < -0.3 is 10.1 Å². The zero-order valence-corrected chi connectivity index (χ0v) is 11.0. The first-order valence-corrected chi connectivity index (χ1v) is 6.39. The van der Waals surface area contributed by atoms with Gasteiger partial charge in [0.25, 0.3) is 0 Å². The number of pyridine rings is 1. The van der Waals surface area contributed by atoms with Crippen molar-refractivity contribution in [1.82, 2.24) is 4.98 Å². The topological polar surface area (TPSA) is 34.1 Å². The van der Waals surface area contributed by atoms with Crippen molar-refractivity contribution in [3.05, 3.63) is 18.3 Å². The van der Waals surface area contributed by atoms with Crippen LogP contribution in [0.15, 0.2) is 18.3 Å². The molecule has 1 saturated carbocycles. The summed E-state index contributed by atoms with van der Waals surface area (Å²) in [6.07, 6.45) is 6.92. The van der Waals surface area contributed by atoms with Crippen LogP contribution in [0.25, 0.3) is 0 Å². The summed E-state index contributed by atoms with van der Waals surface area (Å²) in [6, 6.07) is 4.49. The monoisotopic (exact) mass is 234 g/mol. The fraction of sp³-hybridized carbons (Fsp3) is 0.643. The molecule has 1 N–H and O–H groups in total. The number of rotatable bonds is 3. The summed E-state index contributed by atoms with van der Waals surface area (Å²) in [5.74, 6) is 0.689. The highest BCUT2D eigenvalue weighted by Crippen LogP contribution is 2.38. The maximum absolute atomic E-state index is 5.28. The van der Waals surface area contributed by atoms with Gasteiger partial charge in [0.2, 0.25) is 5.88 Å². The zero-order valence-electron chi connectivity index (χ0n) is 11.0. The Morgan fingerprint density at radius 2 is 2.24 bits per heavy atom. The summed E-state index contributed by atoms with van der Waals surface area (Å²) in [7, 11) is 1.67. The van der Waals surface area contributed by atoms with Crippen LogP contribution in [0, 0.1) is 5.41 Å². The highest BCUT2D eigenvalue weighted by molar-refractivity contribution is 5.53. The molecule has 0 radical (unpaired) electrons. The van der Waals surface area contributed by atoms with Crippen LogP contribution in [0.1, 0.15) is 39.5 Å². The molecule has 2 rings (SSSR count). The quantitative estimate of drug-likeness (QED) is 0.869. The number of anilines is 1. The summed E-state index contributed by atoms with van der Waals surface area (Å²) in [4.78, 5) is 4.23. The minimum absolute atomic E-state index is 0.346. The molecule has 1 atom stereocenters. The number of hydrogen-bond acceptors (Lipinski definition) is 3. The molecule has 0 saturated heterocycles. The SMILES string of the molecule is COc1ncccc1NC1CCCCC1(C)C. The van der Waals surface area contributed by atoms with Crippen LogP contribution >= 0.6 is 0 Å². The van der Waals surface area contributed by atoms with Gasteiger partial charge in [-0.1, -0.05) is 26.7 Å². The molecule has 3 nitrogen and oxygen atoms in total. The largest absolute Gasteiger partial charge is 0.480 e. The van der Waals surface area contributed by atoms with Gasteiger partial charge in [0.1, 0.15) is 0 Å². The molecule has 3 heteroatoms. The lowest BCUT2D eigenvalue weighted by molar-refractivity contribution is 0.216. The van der Waals surface area contributed by atoms with Crippen LogP contribution in [-0.2, 0) is 0 Å². The van der Waals surface area contributed by atoms with Crippen molar-refractivity contribution in [1.29, 1.82) is 0 Å². The van der Waals surface area contributed by atoms with Gasteiger partial charge >= 0.3 is 0 Å². The lowest BCUT2D eigenvalue weighted by Gasteiger charge is -2.39. The fourth-order valence-corrected chi connectivity index (χ4v) is 2.61. The molecule has 1 heterocycles. The molecule has 1 unspecified atom stereocenters. The van der Waals surface area contributed by atoms with Crippen molar-refractivity contribution in [3.8, 4) is 5.88 Å². The lowest BCUT2D eigenvalue weighted by atomic mass is 9.73. The van der Waals surface area contributed by atoms with Crippen LogP contribution in [0.4, 0.5) is 5.69 Å². The summed E-state index contributed by atoms with van der Waals surface area (Å²) < 4.78 is 5.28. The first-order chi connectivity index (χ1) is 8.13. The van der Waals surface area contributed by atoms with E-state index < -0.39 is 0 Å². The summed E-state index contributed by atoms with van der Waals surface area (Å²) in [5.41, 5.74) is 1.36. The summed E-state index contributed by atoms with van der Waals surface area (Å²) >= 11 is 0. The van der Waals surface area contributed by atoms with Gasteiger partial charge in [-0.25, -0.2) is 4.98 Å². The van der Waals surface area contributed by atoms with E-state index in [1.54, 1.807) is 13.3 Å². The minimum Gasteiger partial charge on any atom is -0.480 e. The Kier molecular flexibility index (Phi) is 3.55. The summed E-state index contributed by atoms with van der Waals surface area (Å²) in [5, 5.41) is 3.60. The van der Waals surface area contributed by atoms with Crippen molar-refractivity contribution in [2.75, 3.05) is 12.4 Å². The molecule has 1 aliphatic carbocycles. The number of ether oxygens (including phenoxy) is 1. The van der Waals surface area contributed by atoms with E-state index in [-0.39, 0.29) is 0 Å². The van der Waals surface area contributed by atoms with E-state index in [1.807, 2.05) is 12.1 Å². The molecule has 0 bridgehead atoms. The van der Waals surface area contributed by atoms with Gasteiger partial charge in [-0.2, -0.15) is 0 Å². The molecular weight excluding hydrogens is 212 g/mol. The molecule has 94 valence electrons. The molecule has 0 aromatic carbocycles. The Morgan fingerprint density at radius 1 is 1.41 bits per heavy atom. The van der Waals surface area contributed by atoms with Crippen molar-refractivity contribution in [3.63, 3.8) is 0 Å². The van der Waals surface area contributed by atoms with Crippen molar-refractivity contribution in [2.24, 2.45) is 5.41 Å². The highest BCUT2D eigenvalue weighted by Gasteiger charge is 2.32. The number of hydrogen-bond donors (Lipinski definition) is 1. The average Bonchev–Trinajstić information content (AvgIpc) is 2.32. The second kappa shape index (κ2) is 4.94. The van der Waals surface area contributed by atoms with E-state index in [0.717, 1.165) is 5.69 Å². The fourth-order valence-electron chi connectivity index (χ4n) is 2.61. The van der Waals surface area contributed by atoms with Gasteiger partial charge in [-0.3, -0.25) is 0 Å². The maximum atomic E-state index is 5.28. The van der Waals surface area contributed by atoms with Crippen LogP contribution in [0.5, 0.6) is 5.88 Å². The maximum Gasteiger partial charge on any atom is 0.237 e. The van der Waals surface area contributed by atoms with Crippen molar-refractivity contribution >= 4 is 5.69 Å². The van der Waals surface area contributed by atoms with E-state index in [1.165, 1.54) is 25.7 Å². The number of aromatic nitrogens is 1. The Morgan fingerprint density at radius 3 is 2.94 bits per heavy atom. The van der Waals surface area contributed by atoms with Crippen LogP contribution in [0.3, 0.4) is 0 Å². The molecule has 1 aromatic heterocycles. The van der Waals surface area contributed by atoms with Gasteiger partial charge in [-0.15, -0.1) is 0 Å². The van der Waals surface area contributed by atoms with Gasteiger partial charge in [0.15, 0.2) is 0 Å². The Hall–Kier alpha value is -1.25. The van der Waals surface area contributed by atoms with Crippen LogP contribution < -0.4 is 10.1 Å². The van der Waals surface area contributed by atoms with Gasteiger partial charge in [0.05, 0.1) is 12.8 Å². The van der Waals surface area contributed by atoms with E-state index in [9.17, 15) is 0 Å². The molecule has 1 fully saturated rings. The second-order valence-corrected chi connectivity index (χ2v) is 5.49. The van der Waals surface area contributed by atoms with E-state index in [0.29, 0.717) is 17.3 Å². The van der Waals surface area contributed by atoms with Gasteiger partial charge in [-0.05, 0) is 30.4 Å². The first-order valence-electron chi connectivity index (χ1n) is 6.39. The average molecular weight is 234 g/mol. The molecule has 0 aliphatic heterocycles. The first kappa shape index (κ1) is 12.2. The highest BCUT2D eigenvalue weighted by atomic mass is 16.5. The Labute approximate surface area is 104 Å². The third kappa shape index (κ3) is 2.71. The number of nitrogens with one attached hydrogen (secondary N) is 1. The third-order valence-corrected chi connectivity index (χ3v) is 3.80. The molecule has 0 spiro atoms. The van der Waals surface area contributed by atoms with E-state index >= 15 is 0 Å². The minimum atomic E-state index is 0.346. The normalized spacial score (nSPS) is 23.1. The standard InChI is InChI=1S/C14H22N2O/c1-14(2)9-5-4-8-12(14)16-11-7-6-10-15-13(11)17-3/h6-7,10,12,16H,4-5,8-9H2,1-3H3. The zero-order chi connectivity index (χ0) is 12.3. The predicted molar refractivity (Wildman–Crippen MR) is 70.4 cm³/mol. The van der Waals surface area contributed by atoms with Gasteiger partial charge in [0, 0.05) is 12.2 Å². The van der Waals surface area contributed by atoms with Crippen molar-refractivity contribution in [2.45, 2.75) is 45.6 Å². The number of nitrogens with zero attached hydrogens (tertiary/aromatic N) is 1. The second-order valence-electron chi connectivity index (χ2n) is 5.49. The molecular formula is C14H22N2O. The van der Waals surface area contributed by atoms with Crippen molar-refractivity contribution < 1.29 is 4.74 Å². The Balaban J connectivity index is 2.14. The van der Waals surface area contributed by atoms with Crippen LogP contribution in [0.2, 0.25) is 0 Å². The lowest BCUT2D eigenvalue weighted by Crippen LogP contribution is -2.39. The molecule has 1 aromatic rings. The number of methoxy groups -OCH3 is 1. The smallest absolute Gasteiger partial charge is 0.237 e. The molecule has 0 amide bonds. The van der Waals surface area contributed by atoms with E-state index in [2.05, 4.69) is 24.1 Å². The van der Waals surface area contributed by atoms with E-state index in [4.69, 9.17) is 4.74 Å². The Bertz CT molecular complexity index is 376. The summed E-state index contributed by atoms with van der Waals surface area (Å²) in [6.45, 7) is 4.68. The molecule has 1 aliphatic rings. The predicted octanol–water partition coefficient (Wildman–Crippen LogP) is 3.47. The molecule has 17 heavy (non-hydrogen) atoms. The third-order valence-electron chi connectivity index (χ3n) is 3.80. The van der Waals surface area contributed by atoms with Crippen LogP contribution in [-0.4, -0.2) is 18.1 Å².